The monoisotopic (exact) mass is 332 g/mol. The van der Waals surface area contributed by atoms with Crippen molar-refractivity contribution >= 4 is 5.91 Å². The van der Waals surface area contributed by atoms with Gasteiger partial charge in [0.05, 0.1) is 0 Å². The highest BCUT2D eigenvalue weighted by molar-refractivity contribution is 5.79. The molecule has 3 aliphatic carbocycles. The van der Waals surface area contributed by atoms with Crippen LogP contribution < -0.4 is 10.6 Å². The second kappa shape index (κ2) is 7.76. The van der Waals surface area contributed by atoms with Crippen LogP contribution in [0.5, 0.6) is 0 Å². The van der Waals surface area contributed by atoms with E-state index in [0.717, 1.165) is 12.5 Å². The van der Waals surface area contributed by atoms with E-state index in [1.807, 2.05) is 0 Å². The van der Waals surface area contributed by atoms with E-state index >= 15 is 0 Å². The molecule has 1 aliphatic heterocycles. The zero-order valence-electron chi connectivity index (χ0n) is 15.3. The third kappa shape index (κ3) is 3.52. The van der Waals surface area contributed by atoms with E-state index in [4.69, 9.17) is 0 Å². The lowest BCUT2D eigenvalue weighted by molar-refractivity contribution is -0.131. The predicted octanol–water partition coefficient (Wildman–Crippen LogP) is 3.88. The lowest BCUT2D eigenvalue weighted by Gasteiger charge is -2.37. The molecule has 1 amide bonds. The molecule has 0 unspecified atom stereocenters. The number of hydrogen-bond donors (Lipinski definition) is 2. The summed E-state index contributed by atoms with van der Waals surface area (Å²) in [5.74, 6) is 3.61. The van der Waals surface area contributed by atoms with Crippen LogP contribution in [-0.4, -0.2) is 25.0 Å². The summed E-state index contributed by atoms with van der Waals surface area (Å²) < 4.78 is 0. The zero-order chi connectivity index (χ0) is 16.4. The Hall–Kier alpha value is -0.570. The lowest BCUT2D eigenvalue weighted by atomic mass is 9.69. The summed E-state index contributed by atoms with van der Waals surface area (Å²) in [7, 11) is 0. The summed E-state index contributed by atoms with van der Waals surface area (Å²) in [6.45, 7) is 2.29. The van der Waals surface area contributed by atoms with Crippen LogP contribution in [0.4, 0.5) is 0 Å². The quantitative estimate of drug-likeness (QED) is 0.820. The summed E-state index contributed by atoms with van der Waals surface area (Å²) >= 11 is 0. The molecule has 0 aromatic carbocycles. The van der Waals surface area contributed by atoms with Gasteiger partial charge in [-0.05, 0) is 68.7 Å². The SMILES string of the molecule is O=C(N[C@H]1CC[C@H]2CNC[C@H]21)C(C1CCCCC1)C1CCCCC1. The number of carbonyl (C=O) groups excluding carboxylic acids is 1. The minimum Gasteiger partial charge on any atom is -0.353 e. The smallest absolute Gasteiger partial charge is 0.223 e. The first-order valence-electron chi connectivity index (χ1n) is 10.8. The Bertz CT molecular complexity index is 408. The van der Waals surface area contributed by atoms with Gasteiger partial charge in [-0.25, -0.2) is 0 Å². The molecule has 0 bridgehead atoms. The number of nitrogens with one attached hydrogen (secondary N) is 2. The average molecular weight is 333 g/mol. The van der Waals surface area contributed by atoms with Crippen molar-refractivity contribution in [1.82, 2.24) is 10.6 Å². The van der Waals surface area contributed by atoms with Crippen LogP contribution in [0.3, 0.4) is 0 Å². The van der Waals surface area contributed by atoms with Crippen molar-refractivity contribution in [2.75, 3.05) is 13.1 Å². The second-order valence-corrected chi connectivity index (χ2v) is 9.10. The normalized spacial score (nSPS) is 35.3. The Labute approximate surface area is 147 Å². The molecule has 3 heteroatoms. The van der Waals surface area contributed by atoms with Gasteiger partial charge in [-0.1, -0.05) is 38.5 Å². The van der Waals surface area contributed by atoms with Crippen molar-refractivity contribution in [3.8, 4) is 0 Å². The molecule has 24 heavy (non-hydrogen) atoms. The molecule has 4 rings (SSSR count). The maximum absolute atomic E-state index is 13.4. The van der Waals surface area contributed by atoms with E-state index in [-0.39, 0.29) is 0 Å². The van der Waals surface area contributed by atoms with Crippen LogP contribution in [0.25, 0.3) is 0 Å². The van der Waals surface area contributed by atoms with Crippen molar-refractivity contribution in [3.63, 3.8) is 0 Å². The standard InChI is InChI=1S/C21H36N2O/c24-21(23-19-12-11-17-13-22-14-18(17)19)20(15-7-3-1-4-8-15)16-9-5-2-6-10-16/h15-20,22H,1-14H2,(H,23,24)/t17-,18+,19-/m0/s1. The average Bonchev–Trinajstić information content (AvgIpc) is 3.22. The molecular weight excluding hydrogens is 296 g/mol. The molecule has 3 saturated carbocycles. The molecule has 136 valence electrons. The van der Waals surface area contributed by atoms with E-state index in [1.165, 1.54) is 83.6 Å². The van der Waals surface area contributed by atoms with Gasteiger partial charge in [0.25, 0.3) is 0 Å². The summed E-state index contributed by atoms with van der Waals surface area (Å²) in [5, 5.41) is 7.10. The van der Waals surface area contributed by atoms with Crippen LogP contribution in [0.15, 0.2) is 0 Å². The number of hydrogen-bond acceptors (Lipinski definition) is 2. The van der Waals surface area contributed by atoms with Crippen LogP contribution >= 0.6 is 0 Å². The molecule has 2 N–H and O–H groups in total. The highest BCUT2D eigenvalue weighted by Crippen LogP contribution is 2.41. The highest BCUT2D eigenvalue weighted by Gasteiger charge is 2.42. The Balaban J connectivity index is 1.43. The second-order valence-electron chi connectivity index (χ2n) is 9.10. The topological polar surface area (TPSA) is 41.1 Å². The van der Waals surface area contributed by atoms with Crippen molar-refractivity contribution in [2.45, 2.75) is 83.1 Å². The maximum atomic E-state index is 13.4. The summed E-state index contributed by atoms with van der Waals surface area (Å²) in [4.78, 5) is 13.4. The van der Waals surface area contributed by atoms with E-state index in [0.29, 0.717) is 35.6 Å². The van der Waals surface area contributed by atoms with E-state index in [9.17, 15) is 4.79 Å². The first-order chi connectivity index (χ1) is 11.8. The first kappa shape index (κ1) is 16.9. The molecule has 4 aliphatic rings. The largest absolute Gasteiger partial charge is 0.353 e. The molecule has 3 nitrogen and oxygen atoms in total. The Morgan fingerprint density at radius 3 is 2.04 bits per heavy atom. The van der Waals surface area contributed by atoms with Crippen molar-refractivity contribution < 1.29 is 4.79 Å². The summed E-state index contributed by atoms with van der Waals surface area (Å²) in [5.41, 5.74) is 0. The molecule has 3 atom stereocenters. The maximum Gasteiger partial charge on any atom is 0.223 e. The van der Waals surface area contributed by atoms with E-state index in [2.05, 4.69) is 10.6 Å². The highest BCUT2D eigenvalue weighted by atomic mass is 16.2. The fourth-order valence-electron chi connectivity index (χ4n) is 6.41. The number of carbonyl (C=O) groups is 1. The van der Waals surface area contributed by atoms with Gasteiger partial charge in [-0.2, -0.15) is 0 Å². The fourth-order valence-corrected chi connectivity index (χ4v) is 6.41. The van der Waals surface area contributed by atoms with Crippen LogP contribution in [0.1, 0.15) is 77.0 Å². The van der Waals surface area contributed by atoms with Crippen molar-refractivity contribution in [3.05, 3.63) is 0 Å². The zero-order valence-corrected chi connectivity index (χ0v) is 15.3. The van der Waals surface area contributed by atoms with Crippen molar-refractivity contribution in [1.29, 1.82) is 0 Å². The third-order valence-electron chi connectivity index (χ3n) is 7.70. The molecule has 1 saturated heterocycles. The summed E-state index contributed by atoms with van der Waals surface area (Å²) in [6.07, 6.45) is 15.9. The van der Waals surface area contributed by atoms with Gasteiger partial charge >= 0.3 is 0 Å². The van der Waals surface area contributed by atoms with E-state index in [1.54, 1.807) is 0 Å². The van der Waals surface area contributed by atoms with Gasteiger partial charge in [-0.15, -0.1) is 0 Å². The Kier molecular flexibility index (Phi) is 5.46. The van der Waals surface area contributed by atoms with Gasteiger partial charge < -0.3 is 10.6 Å². The number of rotatable bonds is 4. The molecule has 0 spiro atoms. The molecule has 0 aromatic rings. The van der Waals surface area contributed by atoms with Crippen LogP contribution in [-0.2, 0) is 4.79 Å². The predicted molar refractivity (Wildman–Crippen MR) is 97.7 cm³/mol. The lowest BCUT2D eigenvalue weighted by Crippen LogP contribution is -2.47. The van der Waals surface area contributed by atoms with Crippen LogP contribution in [0.2, 0.25) is 0 Å². The third-order valence-corrected chi connectivity index (χ3v) is 7.70. The fraction of sp³-hybridized carbons (Fsp3) is 0.952. The van der Waals surface area contributed by atoms with Gasteiger partial charge in [-0.3, -0.25) is 4.79 Å². The molecule has 4 fully saturated rings. The van der Waals surface area contributed by atoms with Gasteiger partial charge in [0.2, 0.25) is 5.91 Å². The molecule has 0 aromatic heterocycles. The Morgan fingerprint density at radius 2 is 1.42 bits per heavy atom. The van der Waals surface area contributed by atoms with Crippen LogP contribution in [0, 0.1) is 29.6 Å². The van der Waals surface area contributed by atoms with Gasteiger partial charge in [0.1, 0.15) is 0 Å². The molecule has 0 radical (unpaired) electrons. The van der Waals surface area contributed by atoms with Gasteiger partial charge in [0.15, 0.2) is 0 Å². The minimum absolute atomic E-state index is 0.319. The Morgan fingerprint density at radius 1 is 0.792 bits per heavy atom. The summed E-state index contributed by atoms with van der Waals surface area (Å²) in [6, 6.07) is 0.451. The van der Waals surface area contributed by atoms with Crippen molar-refractivity contribution in [2.24, 2.45) is 29.6 Å². The first-order valence-corrected chi connectivity index (χ1v) is 10.8. The molecule has 1 heterocycles. The number of amides is 1. The molecular formula is C21H36N2O. The van der Waals surface area contributed by atoms with E-state index < -0.39 is 0 Å². The number of fused-ring (bicyclic) bond motifs is 1. The van der Waals surface area contributed by atoms with Gasteiger partial charge in [0, 0.05) is 18.5 Å². The minimum atomic E-state index is 0.319.